The highest BCUT2D eigenvalue weighted by Crippen LogP contribution is 2.69. The topological polar surface area (TPSA) is 72.8 Å². The summed E-state index contributed by atoms with van der Waals surface area (Å²) in [6, 6.07) is 4.90. The Kier molecular flexibility index (Phi) is 3.37. The summed E-state index contributed by atoms with van der Waals surface area (Å²) in [5.41, 5.74) is -1.42. The molecule has 0 radical (unpaired) electrons. The van der Waals surface area contributed by atoms with Crippen molar-refractivity contribution in [3.8, 4) is 11.5 Å². The number of ether oxygens (including phenoxy) is 2. The molecule has 5 aliphatic rings. The second-order valence-electron chi connectivity index (χ2n) is 9.57. The molecule has 5 heteroatoms. The van der Waals surface area contributed by atoms with Crippen LogP contribution < -0.4 is 4.74 Å². The normalized spacial score (nSPS) is 39.2. The zero-order valence-electron chi connectivity index (χ0n) is 16.7. The van der Waals surface area contributed by atoms with Crippen LogP contribution in [0.2, 0.25) is 0 Å². The Balaban J connectivity index is 1.78. The van der Waals surface area contributed by atoms with Crippen molar-refractivity contribution in [2.75, 3.05) is 0 Å². The van der Waals surface area contributed by atoms with Gasteiger partial charge in [-0.2, -0.15) is 0 Å². The molecule has 148 valence electrons. The van der Waals surface area contributed by atoms with Crippen molar-refractivity contribution in [3.63, 3.8) is 0 Å². The summed E-state index contributed by atoms with van der Waals surface area (Å²) in [4.78, 5) is 27.2. The molecule has 5 unspecified atom stereocenters. The molecule has 4 bridgehead atoms. The van der Waals surface area contributed by atoms with Crippen LogP contribution in [-0.2, 0) is 9.53 Å². The molecule has 6 rings (SSSR count). The van der Waals surface area contributed by atoms with Crippen LogP contribution in [0.15, 0.2) is 29.8 Å². The lowest BCUT2D eigenvalue weighted by Gasteiger charge is -2.60. The first-order valence-electron chi connectivity index (χ1n) is 10.1. The molecule has 28 heavy (non-hydrogen) atoms. The molecule has 0 amide bonds. The van der Waals surface area contributed by atoms with Crippen molar-refractivity contribution in [2.45, 2.75) is 63.8 Å². The average molecular weight is 382 g/mol. The van der Waals surface area contributed by atoms with E-state index < -0.39 is 22.7 Å². The number of hydrogen-bond acceptors (Lipinski definition) is 5. The quantitative estimate of drug-likeness (QED) is 0.787. The van der Waals surface area contributed by atoms with Gasteiger partial charge in [-0.1, -0.05) is 17.7 Å². The van der Waals surface area contributed by atoms with Crippen LogP contribution >= 0.6 is 0 Å². The molecule has 1 aromatic carbocycles. The van der Waals surface area contributed by atoms with E-state index in [1.165, 1.54) is 6.07 Å². The van der Waals surface area contributed by atoms with Gasteiger partial charge in [-0.15, -0.1) is 0 Å². The molecule has 2 heterocycles. The van der Waals surface area contributed by atoms with E-state index >= 15 is 0 Å². The number of ketones is 2. The summed E-state index contributed by atoms with van der Waals surface area (Å²) in [5.74, 6) is -0.500. The number of phenolic OH excluding ortho intramolecular Hbond substituents is 1. The molecule has 5 nitrogen and oxygen atoms in total. The van der Waals surface area contributed by atoms with Crippen LogP contribution in [0.5, 0.6) is 11.5 Å². The molecule has 0 aromatic heterocycles. The number of aromatic hydroxyl groups is 1. The number of rotatable bonds is 2. The summed E-state index contributed by atoms with van der Waals surface area (Å²) < 4.78 is 13.2. The number of Topliss-reactive ketones (excluding diaryl/α,β-unsaturated/α-hetero) is 2. The van der Waals surface area contributed by atoms with Gasteiger partial charge < -0.3 is 14.6 Å². The fraction of sp³-hybridized carbons (Fsp3) is 0.565. The minimum atomic E-state index is -1.16. The molecule has 2 aliphatic heterocycles. The Labute approximate surface area is 164 Å². The third-order valence-corrected chi connectivity index (χ3v) is 7.40. The lowest BCUT2D eigenvalue weighted by molar-refractivity contribution is -0.199. The molecule has 1 saturated heterocycles. The predicted octanol–water partition coefficient (Wildman–Crippen LogP) is 3.84. The fourth-order valence-electron chi connectivity index (χ4n) is 6.39. The van der Waals surface area contributed by atoms with Crippen LogP contribution in [0.3, 0.4) is 0 Å². The summed E-state index contributed by atoms with van der Waals surface area (Å²) >= 11 is 0. The van der Waals surface area contributed by atoms with Crippen molar-refractivity contribution >= 4 is 11.6 Å². The second-order valence-corrected chi connectivity index (χ2v) is 9.57. The highest BCUT2D eigenvalue weighted by atomic mass is 16.6. The predicted molar refractivity (Wildman–Crippen MR) is 102 cm³/mol. The van der Waals surface area contributed by atoms with Gasteiger partial charge in [-0.05, 0) is 52.7 Å². The minimum absolute atomic E-state index is 0.0593. The van der Waals surface area contributed by atoms with Crippen molar-refractivity contribution in [2.24, 2.45) is 17.8 Å². The number of benzene rings is 1. The third-order valence-electron chi connectivity index (χ3n) is 7.40. The van der Waals surface area contributed by atoms with E-state index in [0.29, 0.717) is 25.0 Å². The zero-order valence-corrected chi connectivity index (χ0v) is 16.7. The summed E-state index contributed by atoms with van der Waals surface area (Å²) in [7, 11) is 0. The standard InChI is InChI=1S/C23H26O5/c1-12(2)8-9-22-20(26)13-10-14-19(25)18-15(24)6-5-7-16(18)27-23(14,22)17(11-13)21(3,4)28-22/h5-8,13-14,17,24H,9-11H2,1-4H3. The highest BCUT2D eigenvalue weighted by molar-refractivity contribution is 6.08. The van der Waals surface area contributed by atoms with Crippen molar-refractivity contribution in [1.82, 2.24) is 0 Å². The Morgan fingerprint density at radius 3 is 2.71 bits per heavy atom. The van der Waals surface area contributed by atoms with E-state index in [1.807, 2.05) is 33.8 Å². The van der Waals surface area contributed by atoms with E-state index in [0.717, 1.165) is 5.57 Å². The molecular formula is C23H26O5. The monoisotopic (exact) mass is 382 g/mol. The van der Waals surface area contributed by atoms with Crippen molar-refractivity contribution in [3.05, 3.63) is 35.4 Å². The van der Waals surface area contributed by atoms with Crippen LogP contribution in [0.25, 0.3) is 0 Å². The maximum atomic E-state index is 13.6. The van der Waals surface area contributed by atoms with Crippen LogP contribution in [0.4, 0.5) is 0 Å². The van der Waals surface area contributed by atoms with Gasteiger partial charge in [0.05, 0.1) is 11.5 Å². The van der Waals surface area contributed by atoms with Gasteiger partial charge >= 0.3 is 0 Å². The first-order valence-corrected chi connectivity index (χ1v) is 10.1. The van der Waals surface area contributed by atoms with E-state index in [2.05, 4.69) is 0 Å². The zero-order chi connectivity index (χ0) is 20.1. The number of carbonyl (C=O) groups is 2. The molecule has 3 aliphatic carbocycles. The lowest BCUT2D eigenvalue weighted by atomic mass is 9.47. The largest absolute Gasteiger partial charge is 0.507 e. The van der Waals surface area contributed by atoms with Gasteiger partial charge in [0.1, 0.15) is 17.1 Å². The van der Waals surface area contributed by atoms with Crippen molar-refractivity contribution < 1.29 is 24.2 Å². The van der Waals surface area contributed by atoms with Crippen molar-refractivity contribution in [1.29, 1.82) is 0 Å². The maximum absolute atomic E-state index is 13.6. The van der Waals surface area contributed by atoms with E-state index in [-0.39, 0.29) is 34.7 Å². The molecule has 5 atom stereocenters. The van der Waals surface area contributed by atoms with Gasteiger partial charge in [0.2, 0.25) is 0 Å². The number of allylic oxidation sites excluding steroid dienone is 1. The van der Waals surface area contributed by atoms with E-state index in [4.69, 9.17) is 9.47 Å². The number of hydrogen-bond donors (Lipinski definition) is 1. The second kappa shape index (κ2) is 5.26. The van der Waals surface area contributed by atoms with E-state index in [1.54, 1.807) is 12.1 Å². The first kappa shape index (κ1) is 17.9. The maximum Gasteiger partial charge on any atom is 0.177 e. The summed E-state index contributed by atoms with van der Waals surface area (Å²) in [6.07, 6.45) is 3.58. The number of phenols is 1. The van der Waals surface area contributed by atoms with Crippen LogP contribution in [-0.4, -0.2) is 33.5 Å². The minimum Gasteiger partial charge on any atom is -0.507 e. The molecule has 1 spiro atoms. The Morgan fingerprint density at radius 1 is 1.25 bits per heavy atom. The Morgan fingerprint density at radius 2 is 2.00 bits per heavy atom. The van der Waals surface area contributed by atoms with Crippen LogP contribution in [0, 0.1) is 17.8 Å². The van der Waals surface area contributed by atoms with Gasteiger partial charge in [0, 0.05) is 18.3 Å². The number of carbonyl (C=O) groups excluding carboxylic acids is 2. The SMILES string of the molecule is CC(C)=CCC12OC(C)(C)C3CC(CC4C(=O)c5c(O)cccc5OC431)C2=O. The third kappa shape index (κ3) is 1.86. The fourth-order valence-corrected chi connectivity index (χ4v) is 6.39. The molecule has 1 N–H and O–H groups in total. The van der Waals surface area contributed by atoms with Crippen LogP contribution in [0.1, 0.15) is 57.3 Å². The number of fused-ring (bicyclic) bond motifs is 1. The van der Waals surface area contributed by atoms with Gasteiger partial charge in [0.15, 0.2) is 22.8 Å². The summed E-state index contributed by atoms with van der Waals surface area (Å²) in [5, 5.41) is 10.3. The summed E-state index contributed by atoms with van der Waals surface area (Å²) in [6.45, 7) is 8.01. The average Bonchev–Trinajstić information content (AvgIpc) is 2.77. The van der Waals surface area contributed by atoms with Gasteiger partial charge in [-0.3, -0.25) is 9.59 Å². The molecule has 4 fully saturated rings. The smallest absolute Gasteiger partial charge is 0.177 e. The Hall–Kier alpha value is -2.14. The van der Waals surface area contributed by atoms with E-state index in [9.17, 15) is 14.7 Å². The van der Waals surface area contributed by atoms with Gasteiger partial charge in [0.25, 0.3) is 0 Å². The lowest BCUT2D eigenvalue weighted by Crippen LogP contribution is -2.76. The van der Waals surface area contributed by atoms with Gasteiger partial charge in [-0.25, -0.2) is 0 Å². The Bertz CT molecular complexity index is 940. The molecular weight excluding hydrogens is 356 g/mol. The highest BCUT2D eigenvalue weighted by Gasteiger charge is 2.83. The molecule has 3 saturated carbocycles. The first-order chi connectivity index (χ1) is 13.1. The molecule has 1 aromatic rings.